The van der Waals surface area contributed by atoms with Crippen LogP contribution in [0.2, 0.25) is 0 Å². The molecule has 1 aliphatic rings. The van der Waals surface area contributed by atoms with Crippen LogP contribution in [0.3, 0.4) is 0 Å². The molecule has 0 N–H and O–H groups in total. The van der Waals surface area contributed by atoms with Crippen LogP contribution in [0.4, 0.5) is 4.39 Å². The maximum Gasteiger partial charge on any atom is 0.263 e. The zero-order valence-corrected chi connectivity index (χ0v) is 14.4. The van der Waals surface area contributed by atoms with Crippen LogP contribution in [-0.2, 0) is 4.79 Å². The van der Waals surface area contributed by atoms with Crippen LogP contribution in [0.25, 0.3) is 0 Å². The van der Waals surface area contributed by atoms with Gasteiger partial charge in [0.25, 0.3) is 5.91 Å². The molecule has 1 aliphatic heterocycles. The Balaban J connectivity index is 1.71. The molecule has 1 saturated heterocycles. The summed E-state index contributed by atoms with van der Waals surface area (Å²) in [5.41, 5.74) is 1.09. The van der Waals surface area contributed by atoms with E-state index in [9.17, 15) is 9.18 Å². The molecule has 1 heterocycles. The van der Waals surface area contributed by atoms with Crippen molar-refractivity contribution in [1.82, 2.24) is 4.90 Å². The van der Waals surface area contributed by atoms with Gasteiger partial charge in [0.1, 0.15) is 17.3 Å². The van der Waals surface area contributed by atoms with E-state index >= 15 is 0 Å². The van der Waals surface area contributed by atoms with Gasteiger partial charge in [0, 0.05) is 12.6 Å². The first-order valence-electron chi connectivity index (χ1n) is 8.45. The van der Waals surface area contributed by atoms with Crippen LogP contribution in [-0.4, -0.2) is 30.6 Å². The average Bonchev–Trinajstić information content (AvgIpc) is 3.10. The highest BCUT2D eigenvalue weighted by Crippen LogP contribution is 2.33. The Labute approximate surface area is 147 Å². The van der Waals surface area contributed by atoms with Gasteiger partial charge in [-0.25, -0.2) is 4.39 Å². The molecule has 0 aliphatic carbocycles. The van der Waals surface area contributed by atoms with E-state index < -0.39 is 6.10 Å². The molecule has 3 rings (SSSR count). The number of carbonyl (C=O) groups excluding carboxylic acids is 1. The van der Waals surface area contributed by atoms with Crippen molar-refractivity contribution in [3.05, 3.63) is 59.9 Å². The Kier molecular flexibility index (Phi) is 5.22. The van der Waals surface area contributed by atoms with E-state index in [1.807, 2.05) is 29.2 Å². The molecule has 0 aromatic heterocycles. The lowest BCUT2D eigenvalue weighted by Gasteiger charge is -2.28. The lowest BCUT2D eigenvalue weighted by molar-refractivity contribution is -0.138. The molecule has 0 bridgehead atoms. The van der Waals surface area contributed by atoms with E-state index in [2.05, 4.69) is 0 Å². The highest BCUT2D eigenvalue weighted by atomic mass is 19.1. The second-order valence-corrected chi connectivity index (χ2v) is 6.18. The summed E-state index contributed by atoms with van der Waals surface area (Å²) in [5, 5.41) is 0. The van der Waals surface area contributed by atoms with Crippen molar-refractivity contribution in [1.29, 1.82) is 0 Å². The molecule has 2 aromatic rings. The summed E-state index contributed by atoms with van der Waals surface area (Å²) in [6, 6.07) is 13.7. The van der Waals surface area contributed by atoms with Gasteiger partial charge in [-0.05, 0) is 49.6 Å². The number of hydrogen-bond donors (Lipinski definition) is 0. The minimum Gasteiger partial charge on any atom is -0.497 e. The Morgan fingerprint density at radius 3 is 2.64 bits per heavy atom. The summed E-state index contributed by atoms with van der Waals surface area (Å²) in [6.45, 7) is 2.41. The lowest BCUT2D eigenvalue weighted by atomic mass is 10.0. The van der Waals surface area contributed by atoms with Gasteiger partial charge in [-0.1, -0.05) is 18.2 Å². The molecule has 1 fully saturated rings. The third kappa shape index (κ3) is 3.92. The van der Waals surface area contributed by atoms with Gasteiger partial charge in [-0.3, -0.25) is 4.79 Å². The third-order valence-electron chi connectivity index (χ3n) is 4.49. The molecule has 2 unspecified atom stereocenters. The Morgan fingerprint density at radius 2 is 1.96 bits per heavy atom. The largest absolute Gasteiger partial charge is 0.497 e. The minimum atomic E-state index is -0.666. The molecule has 4 nitrogen and oxygen atoms in total. The Bertz CT molecular complexity index is 732. The second-order valence-electron chi connectivity index (χ2n) is 6.18. The maximum absolute atomic E-state index is 13.3. The number of likely N-dealkylation sites (tertiary alicyclic amines) is 1. The zero-order valence-electron chi connectivity index (χ0n) is 14.4. The number of halogens is 1. The molecule has 5 heteroatoms. The van der Waals surface area contributed by atoms with Crippen LogP contribution in [0.1, 0.15) is 31.4 Å². The van der Waals surface area contributed by atoms with Crippen LogP contribution in [0, 0.1) is 5.82 Å². The predicted molar refractivity (Wildman–Crippen MR) is 93.2 cm³/mol. The third-order valence-corrected chi connectivity index (χ3v) is 4.49. The SMILES string of the molecule is COc1ccc(C2CCCN2C(=O)C(C)Oc2cccc(F)c2)cc1. The molecule has 0 spiro atoms. The molecular formula is C20H22FNO3. The first-order valence-corrected chi connectivity index (χ1v) is 8.45. The highest BCUT2D eigenvalue weighted by Gasteiger charge is 2.33. The maximum atomic E-state index is 13.3. The van der Waals surface area contributed by atoms with Gasteiger partial charge in [-0.15, -0.1) is 0 Å². The molecule has 132 valence electrons. The summed E-state index contributed by atoms with van der Waals surface area (Å²) in [6.07, 6.45) is 1.21. The number of amides is 1. The fourth-order valence-electron chi connectivity index (χ4n) is 3.23. The monoisotopic (exact) mass is 343 g/mol. The van der Waals surface area contributed by atoms with Gasteiger partial charge < -0.3 is 14.4 Å². The first-order chi connectivity index (χ1) is 12.1. The number of hydrogen-bond acceptors (Lipinski definition) is 3. The predicted octanol–water partition coefficient (Wildman–Crippen LogP) is 3.97. The van der Waals surface area contributed by atoms with E-state index in [1.165, 1.54) is 12.1 Å². The first kappa shape index (κ1) is 17.3. The number of ether oxygens (including phenoxy) is 2. The standard InChI is InChI=1S/C20H22FNO3/c1-14(25-18-6-3-5-16(21)13-18)20(23)22-12-4-7-19(22)15-8-10-17(24-2)11-9-15/h3,5-6,8-11,13-14,19H,4,7,12H2,1-2H3. The van der Waals surface area contributed by atoms with Crippen molar-refractivity contribution in [3.8, 4) is 11.5 Å². The van der Waals surface area contributed by atoms with E-state index in [1.54, 1.807) is 26.2 Å². The normalized spacial score (nSPS) is 18.0. The Morgan fingerprint density at radius 1 is 1.20 bits per heavy atom. The van der Waals surface area contributed by atoms with Crippen LogP contribution in [0.15, 0.2) is 48.5 Å². The van der Waals surface area contributed by atoms with Gasteiger partial charge >= 0.3 is 0 Å². The minimum absolute atomic E-state index is 0.0389. The van der Waals surface area contributed by atoms with Crippen molar-refractivity contribution in [3.63, 3.8) is 0 Å². The molecule has 0 radical (unpaired) electrons. The van der Waals surface area contributed by atoms with E-state index in [0.29, 0.717) is 12.3 Å². The van der Waals surface area contributed by atoms with Crippen molar-refractivity contribution >= 4 is 5.91 Å². The number of carbonyl (C=O) groups is 1. The number of methoxy groups -OCH3 is 1. The summed E-state index contributed by atoms with van der Waals surface area (Å²) in [7, 11) is 1.63. The van der Waals surface area contributed by atoms with Gasteiger partial charge in [0.05, 0.1) is 13.2 Å². The van der Waals surface area contributed by atoms with Crippen molar-refractivity contribution in [2.75, 3.05) is 13.7 Å². The molecule has 1 amide bonds. The summed E-state index contributed by atoms with van der Waals surface area (Å²) in [4.78, 5) is 14.7. The topological polar surface area (TPSA) is 38.8 Å². The van der Waals surface area contributed by atoms with Crippen LogP contribution < -0.4 is 9.47 Å². The smallest absolute Gasteiger partial charge is 0.263 e. The fraction of sp³-hybridized carbons (Fsp3) is 0.350. The molecule has 2 atom stereocenters. The van der Waals surface area contributed by atoms with E-state index in [4.69, 9.17) is 9.47 Å². The summed E-state index contributed by atoms with van der Waals surface area (Å²) < 4.78 is 24.1. The number of rotatable bonds is 5. The van der Waals surface area contributed by atoms with Crippen molar-refractivity contribution in [2.24, 2.45) is 0 Å². The number of nitrogens with zero attached hydrogens (tertiary/aromatic N) is 1. The quantitative estimate of drug-likeness (QED) is 0.825. The molecule has 0 saturated carbocycles. The highest BCUT2D eigenvalue weighted by molar-refractivity contribution is 5.81. The van der Waals surface area contributed by atoms with Crippen LogP contribution >= 0.6 is 0 Å². The van der Waals surface area contributed by atoms with Crippen LogP contribution in [0.5, 0.6) is 11.5 Å². The van der Waals surface area contributed by atoms with Gasteiger partial charge in [-0.2, -0.15) is 0 Å². The fourth-order valence-corrected chi connectivity index (χ4v) is 3.23. The van der Waals surface area contributed by atoms with Gasteiger partial charge in [0.15, 0.2) is 6.10 Å². The van der Waals surface area contributed by atoms with E-state index in [-0.39, 0.29) is 17.8 Å². The average molecular weight is 343 g/mol. The van der Waals surface area contributed by atoms with Crippen molar-refractivity contribution < 1.29 is 18.7 Å². The lowest BCUT2D eigenvalue weighted by Crippen LogP contribution is -2.40. The van der Waals surface area contributed by atoms with E-state index in [0.717, 1.165) is 24.2 Å². The molecular weight excluding hydrogens is 321 g/mol. The van der Waals surface area contributed by atoms with Gasteiger partial charge in [0.2, 0.25) is 0 Å². The molecule has 2 aromatic carbocycles. The zero-order chi connectivity index (χ0) is 17.8. The summed E-state index contributed by atoms with van der Waals surface area (Å²) >= 11 is 0. The second kappa shape index (κ2) is 7.55. The van der Waals surface area contributed by atoms with Crippen molar-refractivity contribution in [2.45, 2.75) is 31.9 Å². The molecule has 25 heavy (non-hydrogen) atoms. The Hall–Kier alpha value is -2.56. The number of benzene rings is 2. The summed E-state index contributed by atoms with van der Waals surface area (Å²) in [5.74, 6) is 0.695.